The number of amides is 3. The Balaban J connectivity index is 1.66. The molecular weight excluding hydrogens is 412 g/mol. The Morgan fingerprint density at radius 1 is 1.10 bits per heavy atom. The first-order valence-electron chi connectivity index (χ1n) is 10.5. The zero-order valence-corrected chi connectivity index (χ0v) is 18.5. The summed E-state index contributed by atoms with van der Waals surface area (Å²) in [5, 5.41) is 7.96. The lowest BCUT2D eigenvalue weighted by Gasteiger charge is -2.26. The van der Waals surface area contributed by atoms with Crippen molar-refractivity contribution in [3.8, 4) is 0 Å². The van der Waals surface area contributed by atoms with Crippen molar-refractivity contribution in [2.24, 2.45) is 5.92 Å². The van der Waals surface area contributed by atoms with Gasteiger partial charge >= 0.3 is 0 Å². The number of aromatic nitrogens is 1. The summed E-state index contributed by atoms with van der Waals surface area (Å²) in [7, 11) is 3.34. The molecule has 3 N–H and O–H groups in total. The summed E-state index contributed by atoms with van der Waals surface area (Å²) in [5.74, 6) is -0.0432. The lowest BCUT2D eigenvalue weighted by molar-refractivity contribution is -0.123. The van der Waals surface area contributed by atoms with Gasteiger partial charge in [0.15, 0.2) is 0 Å². The third kappa shape index (κ3) is 4.20. The van der Waals surface area contributed by atoms with E-state index in [-0.39, 0.29) is 23.6 Å². The molecule has 0 spiro atoms. The van der Waals surface area contributed by atoms with Crippen molar-refractivity contribution in [1.82, 2.24) is 10.3 Å². The van der Waals surface area contributed by atoms with Crippen LogP contribution in [0.1, 0.15) is 52.1 Å². The maximum absolute atomic E-state index is 12.9. The van der Waals surface area contributed by atoms with Gasteiger partial charge in [-0.15, -0.1) is 11.3 Å². The largest absolute Gasteiger partial charge is 0.355 e. The fourth-order valence-electron chi connectivity index (χ4n) is 4.18. The highest BCUT2D eigenvalue weighted by Crippen LogP contribution is 2.32. The number of nitrogens with zero attached hydrogens (tertiary/aromatic N) is 1. The average Bonchev–Trinajstić information content (AvgIpc) is 3.45. The molecule has 3 amide bonds. The van der Waals surface area contributed by atoms with Crippen LogP contribution < -0.4 is 15.5 Å². The fourth-order valence-corrected chi connectivity index (χ4v) is 4.80. The van der Waals surface area contributed by atoms with Gasteiger partial charge in [0.1, 0.15) is 5.82 Å². The Hall–Kier alpha value is -3.13. The first-order chi connectivity index (χ1) is 15.0. The minimum absolute atomic E-state index is 0.0696. The number of H-pyrrole nitrogens is 1. The van der Waals surface area contributed by atoms with E-state index in [4.69, 9.17) is 0 Å². The first kappa shape index (κ1) is 21.1. The number of fused-ring (bicyclic) bond motifs is 1. The molecule has 1 saturated carbocycles. The number of carbonyl (C=O) groups excluding carboxylic acids is 3. The molecule has 1 aliphatic rings. The Labute approximate surface area is 184 Å². The monoisotopic (exact) mass is 438 g/mol. The van der Waals surface area contributed by atoms with E-state index in [2.05, 4.69) is 15.6 Å². The molecule has 162 valence electrons. The van der Waals surface area contributed by atoms with E-state index in [9.17, 15) is 14.4 Å². The average molecular weight is 439 g/mol. The van der Waals surface area contributed by atoms with Crippen LogP contribution in [0, 0.1) is 5.92 Å². The molecular formula is C23H26N4O3S. The van der Waals surface area contributed by atoms with E-state index in [1.807, 2.05) is 23.6 Å². The molecule has 0 atom stereocenters. The SMILES string of the molecule is CNC(=O)c1c(NC(=O)c2cccs2)[nH]c2cc(N(C)C(=O)C3CCCCC3)ccc12. The minimum atomic E-state index is -0.299. The van der Waals surface area contributed by atoms with Gasteiger partial charge in [0.2, 0.25) is 5.91 Å². The molecule has 2 heterocycles. The van der Waals surface area contributed by atoms with Crippen molar-refractivity contribution in [3.63, 3.8) is 0 Å². The highest BCUT2D eigenvalue weighted by Gasteiger charge is 2.26. The molecule has 7 nitrogen and oxygen atoms in total. The highest BCUT2D eigenvalue weighted by atomic mass is 32.1. The Kier molecular flexibility index (Phi) is 6.08. The van der Waals surface area contributed by atoms with Crippen molar-refractivity contribution in [3.05, 3.63) is 46.2 Å². The van der Waals surface area contributed by atoms with Gasteiger partial charge in [-0.1, -0.05) is 25.3 Å². The van der Waals surface area contributed by atoms with Gasteiger partial charge in [-0.05, 0) is 42.5 Å². The smallest absolute Gasteiger partial charge is 0.266 e. The van der Waals surface area contributed by atoms with E-state index >= 15 is 0 Å². The topological polar surface area (TPSA) is 94.3 Å². The predicted molar refractivity (Wildman–Crippen MR) is 124 cm³/mol. The maximum Gasteiger partial charge on any atom is 0.266 e. The molecule has 31 heavy (non-hydrogen) atoms. The minimum Gasteiger partial charge on any atom is -0.355 e. The van der Waals surface area contributed by atoms with Gasteiger partial charge in [0, 0.05) is 36.6 Å². The van der Waals surface area contributed by atoms with Crippen LogP contribution in [0.15, 0.2) is 35.7 Å². The number of hydrogen-bond donors (Lipinski definition) is 3. The molecule has 0 saturated heterocycles. The summed E-state index contributed by atoms with van der Waals surface area (Å²) in [5.41, 5.74) is 1.81. The molecule has 3 aromatic rings. The molecule has 0 unspecified atom stereocenters. The number of anilines is 2. The van der Waals surface area contributed by atoms with Crippen LogP contribution in [0.3, 0.4) is 0 Å². The van der Waals surface area contributed by atoms with E-state index < -0.39 is 0 Å². The Bertz CT molecular complexity index is 1110. The summed E-state index contributed by atoms with van der Waals surface area (Å²) in [6.45, 7) is 0. The normalized spacial score (nSPS) is 14.4. The molecule has 0 radical (unpaired) electrons. The maximum atomic E-state index is 12.9. The number of rotatable bonds is 5. The lowest BCUT2D eigenvalue weighted by atomic mass is 9.88. The number of hydrogen-bond acceptors (Lipinski definition) is 4. The summed E-state index contributed by atoms with van der Waals surface area (Å²) >= 11 is 1.33. The van der Waals surface area contributed by atoms with Gasteiger partial charge in [-0.3, -0.25) is 14.4 Å². The van der Waals surface area contributed by atoms with Crippen molar-refractivity contribution >= 4 is 51.5 Å². The molecule has 0 bridgehead atoms. The second kappa shape index (κ2) is 8.93. The lowest BCUT2D eigenvalue weighted by Crippen LogP contribution is -2.33. The number of aromatic amines is 1. The van der Waals surface area contributed by atoms with Gasteiger partial charge in [-0.2, -0.15) is 0 Å². The number of thiophene rings is 1. The van der Waals surface area contributed by atoms with Crippen molar-refractivity contribution in [1.29, 1.82) is 0 Å². The third-order valence-electron chi connectivity index (χ3n) is 5.89. The van der Waals surface area contributed by atoms with Crippen LogP contribution in [0.2, 0.25) is 0 Å². The molecule has 2 aromatic heterocycles. The highest BCUT2D eigenvalue weighted by molar-refractivity contribution is 7.12. The van der Waals surface area contributed by atoms with E-state index in [0.717, 1.165) is 31.4 Å². The van der Waals surface area contributed by atoms with E-state index in [0.29, 0.717) is 27.2 Å². The molecule has 4 rings (SSSR count). The fraction of sp³-hybridized carbons (Fsp3) is 0.348. The van der Waals surface area contributed by atoms with Crippen LogP contribution >= 0.6 is 11.3 Å². The summed E-state index contributed by atoms with van der Waals surface area (Å²) in [6.07, 6.45) is 5.27. The second-order valence-corrected chi connectivity index (χ2v) is 8.80. The van der Waals surface area contributed by atoms with Crippen molar-refractivity contribution in [2.45, 2.75) is 32.1 Å². The second-order valence-electron chi connectivity index (χ2n) is 7.85. The van der Waals surface area contributed by atoms with Crippen molar-refractivity contribution in [2.75, 3.05) is 24.3 Å². The molecule has 1 aliphatic carbocycles. The third-order valence-corrected chi connectivity index (χ3v) is 6.76. The van der Waals surface area contributed by atoms with Crippen LogP contribution in [-0.4, -0.2) is 36.8 Å². The summed E-state index contributed by atoms with van der Waals surface area (Å²) in [6, 6.07) is 9.04. The van der Waals surface area contributed by atoms with Gasteiger partial charge in [0.25, 0.3) is 11.8 Å². The molecule has 8 heteroatoms. The summed E-state index contributed by atoms with van der Waals surface area (Å²) in [4.78, 5) is 43.5. The predicted octanol–water partition coefficient (Wildman–Crippen LogP) is 4.38. The zero-order valence-electron chi connectivity index (χ0n) is 17.7. The molecule has 0 aliphatic heterocycles. The molecule has 1 aromatic carbocycles. The number of nitrogens with one attached hydrogen (secondary N) is 3. The quantitative estimate of drug-likeness (QED) is 0.552. The number of carbonyl (C=O) groups is 3. The first-order valence-corrected chi connectivity index (χ1v) is 11.4. The van der Waals surface area contributed by atoms with Crippen LogP contribution in [0.4, 0.5) is 11.5 Å². The van der Waals surface area contributed by atoms with Crippen molar-refractivity contribution < 1.29 is 14.4 Å². The molecule has 1 fully saturated rings. The standard InChI is InChI=1S/C23H26N4O3S/c1-24-22(29)19-16-11-10-15(27(2)23(30)14-7-4-3-5-8-14)13-17(16)25-20(19)26-21(28)18-9-6-12-31-18/h6,9-14,25H,3-5,7-8H2,1-2H3,(H,24,29)(H,26,28). The van der Waals surface area contributed by atoms with E-state index in [1.54, 1.807) is 31.1 Å². The number of benzene rings is 1. The van der Waals surface area contributed by atoms with Gasteiger partial charge < -0.3 is 20.5 Å². The van der Waals surface area contributed by atoms with E-state index in [1.165, 1.54) is 17.8 Å². The Morgan fingerprint density at radius 3 is 2.55 bits per heavy atom. The van der Waals surface area contributed by atoms with Crippen LogP contribution in [-0.2, 0) is 4.79 Å². The van der Waals surface area contributed by atoms with Gasteiger partial charge in [0.05, 0.1) is 10.4 Å². The summed E-state index contributed by atoms with van der Waals surface area (Å²) < 4.78 is 0. The van der Waals surface area contributed by atoms with Gasteiger partial charge in [-0.25, -0.2) is 0 Å². The Morgan fingerprint density at radius 2 is 1.87 bits per heavy atom. The zero-order chi connectivity index (χ0) is 22.0. The van der Waals surface area contributed by atoms with Crippen LogP contribution in [0.25, 0.3) is 10.9 Å². The van der Waals surface area contributed by atoms with Crippen LogP contribution in [0.5, 0.6) is 0 Å².